The molecular weight excluding hydrogens is 430 g/mol. The summed E-state index contributed by atoms with van der Waals surface area (Å²) in [5, 5.41) is 7.80. The number of furan rings is 1. The summed E-state index contributed by atoms with van der Waals surface area (Å²) >= 11 is 1.32. The summed E-state index contributed by atoms with van der Waals surface area (Å²) < 4.78 is 16.0. The number of benzene rings is 2. The number of methoxy groups -OCH3 is 1. The predicted molar refractivity (Wildman–Crippen MR) is 121 cm³/mol. The minimum absolute atomic E-state index is 0.189. The van der Waals surface area contributed by atoms with Gasteiger partial charge in [-0.1, -0.05) is 18.2 Å². The number of anilines is 2. The number of ether oxygens (including phenoxy) is 2. The first-order valence-corrected chi connectivity index (χ1v) is 10.5. The molecule has 0 spiro atoms. The Labute approximate surface area is 187 Å². The number of carbonyl (C=O) groups is 2. The zero-order valence-electron chi connectivity index (χ0n) is 17.0. The molecule has 2 aromatic carbocycles. The van der Waals surface area contributed by atoms with E-state index in [-0.39, 0.29) is 24.1 Å². The molecular formula is C23H19N3O5S. The van der Waals surface area contributed by atoms with Crippen molar-refractivity contribution in [2.45, 2.75) is 0 Å². The quantitative estimate of drug-likeness (QED) is 0.405. The number of hydrogen-bond acceptors (Lipinski definition) is 7. The number of thiazole rings is 1. The van der Waals surface area contributed by atoms with Gasteiger partial charge in [-0.25, -0.2) is 4.98 Å². The van der Waals surface area contributed by atoms with Gasteiger partial charge in [0.05, 0.1) is 13.4 Å². The Balaban J connectivity index is 1.35. The van der Waals surface area contributed by atoms with E-state index in [4.69, 9.17) is 13.9 Å². The Morgan fingerprint density at radius 3 is 2.53 bits per heavy atom. The Morgan fingerprint density at radius 2 is 1.78 bits per heavy atom. The summed E-state index contributed by atoms with van der Waals surface area (Å²) in [5.41, 5.74) is 1.32. The molecule has 162 valence electrons. The molecule has 0 saturated carbocycles. The molecule has 0 aliphatic carbocycles. The fraction of sp³-hybridized carbons (Fsp3) is 0.0870. The minimum Gasteiger partial charge on any atom is -0.493 e. The number of hydrogen-bond donors (Lipinski definition) is 2. The molecule has 0 aliphatic heterocycles. The van der Waals surface area contributed by atoms with Crippen molar-refractivity contribution in [3.63, 3.8) is 0 Å². The Kier molecular flexibility index (Phi) is 6.47. The zero-order chi connectivity index (χ0) is 22.3. The largest absolute Gasteiger partial charge is 0.493 e. The van der Waals surface area contributed by atoms with E-state index >= 15 is 0 Å². The number of para-hydroxylation sites is 2. The van der Waals surface area contributed by atoms with E-state index in [0.29, 0.717) is 33.6 Å². The van der Waals surface area contributed by atoms with Crippen molar-refractivity contribution in [2.24, 2.45) is 0 Å². The average Bonchev–Trinajstić information content (AvgIpc) is 3.50. The van der Waals surface area contributed by atoms with Crippen molar-refractivity contribution in [2.75, 3.05) is 24.4 Å². The van der Waals surface area contributed by atoms with Crippen LogP contribution in [0, 0.1) is 0 Å². The molecule has 0 bridgehead atoms. The summed E-state index contributed by atoms with van der Waals surface area (Å²) in [5.74, 6) is 0.920. The van der Waals surface area contributed by atoms with Crippen LogP contribution in [-0.4, -0.2) is 30.5 Å². The first-order valence-electron chi connectivity index (χ1n) is 9.59. The van der Waals surface area contributed by atoms with Crippen molar-refractivity contribution >= 4 is 34.5 Å². The minimum atomic E-state index is -0.359. The summed E-state index contributed by atoms with van der Waals surface area (Å²) in [7, 11) is 1.53. The highest BCUT2D eigenvalue weighted by molar-refractivity contribution is 7.13. The van der Waals surface area contributed by atoms with Crippen LogP contribution in [0.2, 0.25) is 0 Å². The molecule has 4 rings (SSSR count). The summed E-state index contributed by atoms with van der Waals surface area (Å²) in [6.45, 7) is -0.189. The highest BCUT2D eigenvalue weighted by Gasteiger charge is 2.14. The molecule has 2 amide bonds. The fourth-order valence-corrected chi connectivity index (χ4v) is 3.61. The van der Waals surface area contributed by atoms with E-state index in [9.17, 15) is 9.59 Å². The fourth-order valence-electron chi connectivity index (χ4n) is 2.84. The number of nitrogens with zero attached hydrogens (tertiary/aromatic N) is 1. The van der Waals surface area contributed by atoms with Crippen molar-refractivity contribution in [1.82, 2.24) is 4.98 Å². The van der Waals surface area contributed by atoms with Gasteiger partial charge in [0.15, 0.2) is 28.9 Å². The highest BCUT2D eigenvalue weighted by Crippen LogP contribution is 2.26. The second kappa shape index (κ2) is 9.80. The monoisotopic (exact) mass is 449 g/mol. The summed E-state index contributed by atoms with van der Waals surface area (Å²) in [4.78, 5) is 29.1. The maximum absolute atomic E-state index is 12.5. The van der Waals surface area contributed by atoms with Gasteiger partial charge in [-0.2, -0.15) is 0 Å². The lowest BCUT2D eigenvalue weighted by Gasteiger charge is -2.11. The molecule has 0 fully saturated rings. The van der Waals surface area contributed by atoms with Crippen LogP contribution in [0.25, 0.3) is 10.8 Å². The van der Waals surface area contributed by atoms with Crippen molar-refractivity contribution < 1.29 is 23.5 Å². The van der Waals surface area contributed by atoms with Crippen molar-refractivity contribution in [1.29, 1.82) is 0 Å². The maximum Gasteiger partial charge on any atom is 0.275 e. The van der Waals surface area contributed by atoms with Crippen molar-refractivity contribution in [3.05, 3.63) is 78.0 Å². The maximum atomic E-state index is 12.5. The normalized spacial score (nSPS) is 10.4. The van der Waals surface area contributed by atoms with Gasteiger partial charge < -0.3 is 24.5 Å². The highest BCUT2D eigenvalue weighted by atomic mass is 32.1. The molecule has 4 aromatic rings. The smallest absolute Gasteiger partial charge is 0.275 e. The van der Waals surface area contributed by atoms with E-state index in [1.165, 1.54) is 18.4 Å². The van der Waals surface area contributed by atoms with E-state index in [0.717, 1.165) is 0 Å². The number of carbonyl (C=O) groups excluding carboxylic acids is 2. The second-order valence-electron chi connectivity index (χ2n) is 6.54. The van der Waals surface area contributed by atoms with Crippen LogP contribution in [0.4, 0.5) is 11.4 Å². The third-order valence-electron chi connectivity index (χ3n) is 4.30. The van der Waals surface area contributed by atoms with Gasteiger partial charge in [0, 0.05) is 16.8 Å². The van der Waals surface area contributed by atoms with Gasteiger partial charge in [-0.3, -0.25) is 9.59 Å². The average molecular weight is 449 g/mol. The molecule has 0 radical (unpaired) electrons. The third kappa shape index (κ3) is 5.13. The molecule has 0 unspecified atom stereocenters. The van der Waals surface area contributed by atoms with Gasteiger partial charge in [-0.15, -0.1) is 11.3 Å². The standard InChI is InChI=1S/C23H19N3O5S/c1-29-18-8-2-3-9-19(18)31-13-21(27)24-15-6-4-7-16(12-15)25-22(28)17-14-32-23(26-17)20-10-5-11-30-20/h2-12,14H,13H2,1H3,(H,24,27)(H,25,28). The van der Waals surface area contributed by atoms with Crippen LogP contribution < -0.4 is 20.1 Å². The SMILES string of the molecule is COc1ccccc1OCC(=O)Nc1cccc(NC(=O)c2csc(-c3ccco3)n2)c1. The lowest BCUT2D eigenvalue weighted by molar-refractivity contribution is -0.118. The number of amides is 2. The molecule has 2 N–H and O–H groups in total. The van der Waals surface area contributed by atoms with Crippen LogP contribution in [0.5, 0.6) is 11.5 Å². The Bertz CT molecular complexity index is 1220. The first-order chi connectivity index (χ1) is 15.6. The molecule has 32 heavy (non-hydrogen) atoms. The number of aromatic nitrogens is 1. The molecule has 9 heteroatoms. The van der Waals surface area contributed by atoms with Gasteiger partial charge in [-0.05, 0) is 42.5 Å². The van der Waals surface area contributed by atoms with Crippen LogP contribution in [0.1, 0.15) is 10.5 Å². The predicted octanol–water partition coefficient (Wildman–Crippen LogP) is 4.68. The lowest BCUT2D eigenvalue weighted by Crippen LogP contribution is -2.20. The van der Waals surface area contributed by atoms with E-state index in [1.807, 2.05) is 6.07 Å². The lowest BCUT2D eigenvalue weighted by atomic mass is 10.2. The van der Waals surface area contributed by atoms with Gasteiger partial charge in [0.25, 0.3) is 11.8 Å². The molecule has 2 heterocycles. The van der Waals surface area contributed by atoms with E-state index < -0.39 is 0 Å². The van der Waals surface area contributed by atoms with Gasteiger partial charge >= 0.3 is 0 Å². The van der Waals surface area contributed by atoms with Crippen molar-refractivity contribution in [3.8, 4) is 22.3 Å². The van der Waals surface area contributed by atoms with E-state index in [2.05, 4.69) is 15.6 Å². The topological polar surface area (TPSA) is 103 Å². The molecule has 0 saturated heterocycles. The Morgan fingerprint density at radius 1 is 1.00 bits per heavy atom. The van der Waals surface area contributed by atoms with E-state index in [1.54, 1.807) is 66.2 Å². The zero-order valence-corrected chi connectivity index (χ0v) is 17.8. The Hall–Kier alpha value is -4.11. The number of rotatable bonds is 8. The van der Waals surface area contributed by atoms with Crippen LogP contribution >= 0.6 is 11.3 Å². The first kappa shape index (κ1) is 21.1. The number of nitrogens with one attached hydrogen (secondary N) is 2. The third-order valence-corrected chi connectivity index (χ3v) is 5.16. The van der Waals surface area contributed by atoms with Crippen LogP contribution in [0.15, 0.2) is 76.7 Å². The molecule has 0 aliphatic rings. The van der Waals surface area contributed by atoms with Gasteiger partial charge in [0.2, 0.25) is 0 Å². The summed E-state index contributed by atoms with van der Waals surface area (Å²) in [6, 6.07) is 17.4. The molecule has 0 atom stereocenters. The second-order valence-corrected chi connectivity index (χ2v) is 7.40. The molecule has 2 aromatic heterocycles. The summed E-state index contributed by atoms with van der Waals surface area (Å²) in [6.07, 6.45) is 1.55. The van der Waals surface area contributed by atoms with Gasteiger partial charge in [0.1, 0.15) is 5.69 Å². The molecule has 8 nitrogen and oxygen atoms in total. The van der Waals surface area contributed by atoms with Crippen LogP contribution in [0.3, 0.4) is 0 Å². The van der Waals surface area contributed by atoms with Crippen LogP contribution in [-0.2, 0) is 4.79 Å².